The van der Waals surface area contributed by atoms with E-state index in [9.17, 15) is 0 Å². The number of hydrogen-bond acceptors (Lipinski definition) is 3. The van der Waals surface area contributed by atoms with Gasteiger partial charge < -0.3 is 4.57 Å². The maximum Gasteiger partial charge on any atom is 0.164 e. The van der Waals surface area contributed by atoms with Crippen LogP contribution in [0.5, 0.6) is 0 Å². The summed E-state index contributed by atoms with van der Waals surface area (Å²) in [5, 5.41) is 5.52. The number of nitrogens with zero attached hydrogens (tertiary/aromatic N) is 4. The lowest BCUT2D eigenvalue weighted by Crippen LogP contribution is -2.64. The molecule has 2 aliphatic heterocycles. The minimum Gasteiger partial charge on any atom is -0.309 e. The fourth-order valence-corrected chi connectivity index (χ4v) is 14.0. The Morgan fingerprint density at radius 1 is 0.424 bits per heavy atom. The SMILES string of the molecule is C[Si]1(C)c2ccccc2C2(c3ccccc3-n3c4ccccc4c4cccc2c43)c2cccc(-c3cccc(-c4nc(-c5ccccc5)nc(-c5ccccc5)n4)c3)c21. The smallest absolute Gasteiger partial charge is 0.164 e. The Morgan fingerprint density at radius 2 is 0.949 bits per heavy atom. The van der Waals surface area contributed by atoms with Crippen molar-refractivity contribution in [2.24, 2.45) is 0 Å². The van der Waals surface area contributed by atoms with Crippen molar-refractivity contribution in [2.75, 3.05) is 0 Å². The van der Waals surface area contributed by atoms with Crippen LogP contribution in [0.15, 0.2) is 194 Å². The van der Waals surface area contributed by atoms with Crippen molar-refractivity contribution in [2.45, 2.75) is 18.5 Å². The lowest BCUT2D eigenvalue weighted by molar-refractivity contribution is 0.732. The largest absolute Gasteiger partial charge is 0.309 e. The zero-order valence-corrected chi connectivity index (χ0v) is 33.8. The van der Waals surface area contributed by atoms with E-state index in [-0.39, 0.29) is 0 Å². The van der Waals surface area contributed by atoms with E-state index in [0.717, 1.165) is 22.3 Å². The fraction of sp³-hybridized carbons (Fsp3) is 0.0556. The molecule has 10 aromatic rings. The lowest BCUT2D eigenvalue weighted by atomic mass is 9.62. The Labute approximate surface area is 344 Å². The van der Waals surface area contributed by atoms with Gasteiger partial charge in [-0.05, 0) is 62.0 Å². The molecule has 0 radical (unpaired) electrons. The van der Waals surface area contributed by atoms with Crippen molar-refractivity contribution < 1.29 is 0 Å². The first-order chi connectivity index (χ1) is 29.0. The molecule has 2 aliphatic rings. The summed E-state index contributed by atoms with van der Waals surface area (Å²) in [5.41, 5.74) is 14.0. The summed E-state index contributed by atoms with van der Waals surface area (Å²) in [6.07, 6.45) is 0. The van der Waals surface area contributed by atoms with Gasteiger partial charge in [0.05, 0.1) is 22.1 Å². The van der Waals surface area contributed by atoms with Gasteiger partial charge in [0, 0.05) is 27.5 Å². The number of fused-ring (bicyclic) bond motifs is 11. The van der Waals surface area contributed by atoms with Crippen LogP contribution in [-0.4, -0.2) is 27.6 Å². The zero-order valence-electron chi connectivity index (χ0n) is 32.8. The molecular formula is C54H38N4Si. The second-order valence-corrected chi connectivity index (χ2v) is 20.6. The van der Waals surface area contributed by atoms with Gasteiger partial charge in [-0.1, -0.05) is 189 Å². The van der Waals surface area contributed by atoms with E-state index in [1.165, 1.54) is 65.7 Å². The van der Waals surface area contributed by atoms with E-state index in [2.05, 4.69) is 175 Å². The minimum absolute atomic E-state index is 0.536. The summed E-state index contributed by atoms with van der Waals surface area (Å²) in [6, 6.07) is 70.7. The summed E-state index contributed by atoms with van der Waals surface area (Å²) >= 11 is 0. The highest BCUT2D eigenvalue weighted by atomic mass is 28.3. The molecule has 0 bridgehead atoms. The highest BCUT2D eigenvalue weighted by Crippen LogP contribution is 2.55. The van der Waals surface area contributed by atoms with E-state index < -0.39 is 13.5 Å². The van der Waals surface area contributed by atoms with Gasteiger partial charge in [0.15, 0.2) is 17.5 Å². The summed E-state index contributed by atoms with van der Waals surface area (Å²) in [5.74, 6) is 1.97. The molecule has 0 fully saturated rings. The molecule has 0 N–H and O–H groups in total. The molecule has 1 atom stereocenters. The van der Waals surface area contributed by atoms with Crippen molar-refractivity contribution in [3.8, 4) is 51.0 Å². The first kappa shape index (κ1) is 33.9. The summed E-state index contributed by atoms with van der Waals surface area (Å²) in [7, 11) is -2.35. The van der Waals surface area contributed by atoms with Crippen LogP contribution < -0.4 is 10.4 Å². The number of hydrogen-bond donors (Lipinski definition) is 0. The molecule has 8 aromatic carbocycles. The molecule has 4 nitrogen and oxygen atoms in total. The number of rotatable bonds is 4. The van der Waals surface area contributed by atoms with Crippen LogP contribution >= 0.6 is 0 Å². The van der Waals surface area contributed by atoms with Crippen molar-refractivity contribution in [1.82, 2.24) is 19.5 Å². The zero-order chi connectivity index (χ0) is 39.3. The maximum atomic E-state index is 5.12. The van der Waals surface area contributed by atoms with Crippen LogP contribution in [0.1, 0.15) is 22.3 Å². The fourth-order valence-electron chi connectivity index (χ4n) is 10.5. The predicted octanol–water partition coefficient (Wildman–Crippen LogP) is 11.5. The second-order valence-electron chi connectivity index (χ2n) is 16.3. The molecule has 0 saturated heterocycles. The van der Waals surface area contributed by atoms with Gasteiger partial charge in [-0.15, -0.1) is 0 Å². The van der Waals surface area contributed by atoms with Crippen molar-refractivity contribution in [1.29, 1.82) is 0 Å². The highest BCUT2D eigenvalue weighted by Gasteiger charge is 2.53. The van der Waals surface area contributed by atoms with Gasteiger partial charge in [0.25, 0.3) is 0 Å². The van der Waals surface area contributed by atoms with Crippen LogP contribution in [-0.2, 0) is 5.41 Å². The van der Waals surface area contributed by atoms with E-state index >= 15 is 0 Å². The molecule has 12 rings (SSSR count). The van der Waals surface area contributed by atoms with Crippen LogP contribution in [0.4, 0.5) is 0 Å². The van der Waals surface area contributed by atoms with Gasteiger partial charge in [-0.2, -0.15) is 0 Å². The molecule has 0 aliphatic carbocycles. The van der Waals surface area contributed by atoms with E-state index in [1.807, 2.05) is 36.4 Å². The number of aromatic nitrogens is 4. The standard InChI is InChI=1S/C54H38N4Si/c1-59(2)48-33-14-11-28-43(48)54(42-27-10-13-32-47(42)58-46-31-12-9-24-40(46)41-26-17-29-44(54)49(41)58)45-30-16-25-39(50(45)59)37-22-15-23-38(34-37)53-56-51(35-18-5-3-6-19-35)55-52(57-53)36-20-7-4-8-21-36/h3-34H,1-2H3. The average Bonchev–Trinajstić information content (AvgIpc) is 3.65. The van der Waals surface area contributed by atoms with Gasteiger partial charge in [-0.25, -0.2) is 15.0 Å². The Bertz CT molecular complexity index is 3260. The Morgan fingerprint density at radius 3 is 1.71 bits per heavy atom. The average molecular weight is 771 g/mol. The van der Waals surface area contributed by atoms with Crippen LogP contribution in [0.2, 0.25) is 13.1 Å². The molecule has 1 unspecified atom stereocenters. The lowest BCUT2D eigenvalue weighted by Gasteiger charge is -2.50. The molecule has 1 spiro atoms. The van der Waals surface area contributed by atoms with Crippen LogP contribution in [0.25, 0.3) is 72.8 Å². The molecule has 278 valence electrons. The summed E-state index contributed by atoms with van der Waals surface area (Å²) in [6.45, 7) is 5.09. The Hall–Kier alpha value is -7.21. The third kappa shape index (κ3) is 4.73. The summed E-state index contributed by atoms with van der Waals surface area (Å²) in [4.78, 5) is 15.2. The molecule has 2 aromatic heterocycles. The number of benzene rings is 8. The molecule has 0 amide bonds. The topological polar surface area (TPSA) is 43.6 Å². The number of para-hydroxylation sites is 3. The normalized spacial score (nSPS) is 15.8. The van der Waals surface area contributed by atoms with Gasteiger partial charge >= 0.3 is 0 Å². The molecule has 5 heteroatoms. The second kappa shape index (κ2) is 12.6. The molecule has 0 saturated carbocycles. The van der Waals surface area contributed by atoms with Gasteiger partial charge in [-0.3, -0.25) is 0 Å². The highest BCUT2D eigenvalue weighted by molar-refractivity contribution is 7.02. The first-order valence-corrected chi connectivity index (χ1v) is 23.4. The quantitative estimate of drug-likeness (QED) is 0.167. The maximum absolute atomic E-state index is 5.12. The molecular weight excluding hydrogens is 733 g/mol. The summed E-state index contributed by atoms with van der Waals surface area (Å²) < 4.78 is 2.52. The predicted molar refractivity (Wildman–Crippen MR) is 245 cm³/mol. The Balaban J connectivity index is 1.13. The molecule has 4 heterocycles. The van der Waals surface area contributed by atoms with E-state index in [1.54, 1.807) is 0 Å². The third-order valence-electron chi connectivity index (χ3n) is 12.9. The third-order valence-corrected chi connectivity index (χ3v) is 16.4. The van der Waals surface area contributed by atoms with Gasteiger partial charge in [0.2, 0.25) is 0 Å². The van der Waals surface area contributed by atoms with Crippen molar-refractivity contribution >= 4 is 40.3 Å². The van der Waals surface area contributed by atoms with E-state index in [4.69, 9.17) is 15.0 Å². The van der Waals surface area contributed by atoms with Crippen LogP contribution in [0.3, 0.4) is 0 Å². The van der Waals surface area contributed by atoms with Crippen molar-refractivity contribution in [3.63, 3.8) is 0 Å². The van der Waals surface area contributed by atoms with E-state index in [0.29, 0.717) is 17.5 Å². The van der Waals surface area contributed by atoms with Crippen molar-refractivity contribution in [3.05, 3.63) is 216 Å². The van der Waals surface area contributed by atoms with Crippen LogP contribution in [0, 0.1) is 0 Å². The van der Waals surface area contributed by atoms with Gasteiger partial charge in [0.1, 0.15) is 8.07 Å². The first-order valence-electron chi connectivity index (χ1n) is 20.4. The monoisotopic (exact) mass is 770 g/mol. The molecule has 59 heavy (non-hydrogen) atoms. The minimum atomic E-state index is -2.35. The Kier molecular flexibility index (Phi) is 7.26.